The quantitative estimate of drug-likeness (QED) is 0.442. The molecule has 0 spiro atoms. The molecule has 0 atom stereocenters. The lowest BCUT2D eigenvalue weighted by molar-refractivity contribution is -0.127. The summed E-state index contributed by atoms with van der Waals surface area (Å²) in [4.78, 5) is 14.1. The van der Waals surface area contributed by atoms with Crippen LogP contribution in [0.5, 0.6) is 5.75 Å². The highest BCUT2D eigenvalue weighted by Gasteiger charge is 2.13. The molecule has 0 radical (unpaired) electrons. The molecular weight excluding hydrogens is 352 g/mol. The Morgan fingerprint density at radius 1 is 1.31 bits per heavy atom. The number of aromatic nitrogens is 3. The van der Waals surface area contributed by atoms with Crippen molar-refractivity contribution in [3.05, 3.63) is 36.2 Å². The molecule has 7 nitrogen and oxygen atoms in total. The predicted molar refractivity (Wildman–Crippen MR) is 101 cm³/mol. The van der Waals surface area contributed by atoms with Crippen LogP contribution in [0.1, 0.15) is 18.9 Å². The zero-order valence-electron chi connectivity index (χ0n) is 15.6. The lowest BCUT2D eigenvalue weighted by Gasteiger charge is -2.17. The number of amides is 1. The van der Waals surface area contributed by atoms with Crippen LogP contribution in [0.15, 0.2) is 35.7 Å². The minimum absolute atomic E-state index is 0.0512. The van der Waals surface area contributed by atoms with Gasteiger partial charge in [-0.25, -0.2) is 0 Å². The number of aryl methyl sites for hydroxylation is 1. The van der Waals surface area contributed by atoms with Gasteiger partial charge in [-0.15, -0.1) is 10.2 Å². The van der Waals surface area contributed by atoms with Crippen molar-refractivity contribution in [3.63, 3.8) is 0 Å². The Kier molecular flexibility index (Phi) is 8.43. The third kappa shape index (κ3) is 6.34. The van der Waals surface area contributed by atoms with Gasteiger partial charge in [0, 0.05) is 33.9 Å². The second-order valence-electron chi connectivity index (χ2n) is 5.77. The average molecular weight is 378 g/mol. The normalized spacial score (nSPS) is 10.7. The number of methoxy groups -OCH3 is 1. The Morgan fingerprint density at radius 3 is 2.77 bits per heavy atom. The molecular formula is C18H26N4O3S. The molecule has 0 bridgehead atoms. The molecule has 1 aromatic carbocycles. The van der Waals surface area contributed by atoms with Gasteiger partial charge >= 0.3 is 0 Å². The van der Waals surface area contributed by atoms with E-state index in [0.717, 1.165) is 29.4 Å². The van der Waals surface area contributed by atoms with E-state index >= 15 is 0 Å². The molecule has 1 amide bonds. The number of carbonyl (C=O) groups is 1. The summed E-state index contributed by atoms with van der Waals surface area (Å²) in [6.07, 6.45) is 2.57. The molecule has 0 aliphatic rings. The molecule has 0 saturated heterocycles. The van der Waals surface area contributed by atoms with Gasteiger partial charge in [0.25, 0.3) is 0 Å². The van der Waals surface area contributed by atoms with Crippen LogP contribution < -0.4 is 4.74 Å². The maximum absolute atomic E-state index is 12.4. The molecule has 142 valence electrons. The predicted octanol–water partition coefficient (Wildman–Crippen LogP) is 2.46. The summed E-state index contributed by atoms with van der Waals surface area (Å²) in [5, 5.41) is 8.77. The Morgan fingerprint density at radius 2 is 2.08 bits per heavy atom. The van der Waals surface area contributed by atoms with Gasteiger partial charge in [-0.3, -0.25) is 4.79 Å². The van der Waals surface area contributed by atoms with Gasteiger partial charge in [-0.05, 0) is 31.0 Å². The van der Waals surface area contributed by atoms with Crippen LogP contribution in [0.2, 0.25) is 0 Å². The van der Waals surface area contributed by atoms with Crippen molar-refractivity contribution in [2.75, 3.05) is 33.1 Å². The molecule has 0 fully saturated rings. The molecule has 0 N–H and O–H groups in total. The van der Waals surface area contributed by atoms with Gasteiger partial charge < -0.3 is 18.9 Å². The number of hydrogen-bond acceptors (Lipinski definition) is 6. The zero-order chi connectivity index (χ0) is 18.8. The Labute approximate surface area is 158 Å². The van der Waals surface area contributed by atoms with E-state index in [9.17, 15) is 4.79 Å². The van der Waals surface area contributed by atoms with Gasteiger partial charge in [-0.2, -0.15) is 0 Å². The maximum Gasteiger partial charge on any atom is 0.233 e. The fraction of sp³-hybridized carbons (Fsp3) is 0.500. The van der Waals surface area contributed by atoms with Crippen molar-refractivity contribution in [2.24, 2.45) is 0 Å². The number of rotatable bonds is 11. The van der Waals surface area contributed by atoms with Crippen molar-refractivity contribution >= 4 is 17.7 Å². The second kappa shape index (κ2) is 10.8. The van der Waals surface area contributed by atoms with E-state index in [4.69, 9.17) is 9.47 Å². The lowest BCUT2D eigenvalue weighted by Crippen LogP contribution is -2.27. The van der Waals surface area contributed by atoms with Gasteiger partial charge in [0.05, 0.1) is 12.4 Å². The topological polar surface area (TPSA) is 69.5 Å². The second-order valence-corrected chi connectivity index (χ2v) is 6.71. The van der Waals surface area contributed by atoms with Crippen LogP contribution in [-0.2, 0) is 22.6 Å². The van der Waals surface area contributed by atoms with E-state index in [2.05, 4.69) is 10.2 Å². The summed E-state index contributed by atoms with van der Waals surface area (Å²) < 4.78 is 12.4. The van der Waals surface area contributed by atoms with Gasteiger partial charge in [0.15, 0.2) is 5.16 Å². The third-order valence-electron chi connectivity index (χ3n) is 3.73. The highest BCUT2D eigenvalue weighted by molar-refractivity contribution is 7.99. The fourth-order valence-electron chi connectivity index (χ4n) is 2.35. The molecule has 26 heavy (non-hydrogen) atoms. The molecule has 0 saturated carbocycles. The third-order valence-corrected chi connectivity index (χ3v) is 4.70. The first kappa shape index (κ1) is 20.3. The summed E-state index contributed by atoms with van der Waals surface area (Å²) in [6.45, 7) is 4.62. The van der Waals surface area contributed by atoms with E-state index in [1.54, 1.807) is 18.3 Å². The summed E-state index contributed by atoms with van der Waals surface area (Å²) >= 11 is 1.41. The van der Waals surface area contributed by atoms with Gasteiger partial charge in [0.1, 0.15) is 12.1 Å². The monoisotopic (exact) mass is 378 g/mol. The number of nitrogens with zero attached hydrogens (tertiary/aromatic N) is 4. The van der Waals surface area contributed by atoms with Crippen molar-refractivity contribution in [1.82, 2.24) is 19.7 Å². The Hall–Kier alpha value is -2.06. The first-order valence-corrected chi connectivity index (χ1v) is 9.57. The molecule has 0 aliphatic heterocycles. The molecule has 0 aliphatic carbocycles. The highest BCUT2D eigenvalue weighted by Crippen LogP contribution is 2.17. The fourth-order valence-corrected chi connectivity index (χ4v) is 3.23. The van der Waals surface area contributed by atoms with Crippen LogP contribution in [0.4, 0.5) is 0 Å². The van der Waals surface area contributed by atoms with Crippen LogP contribution in [0, 0.1) is 0 Å². The number of ether oxygens (including phenoxy) is 2. The van der Waals surface area contributed by atoms with Crippen LogP contribution in [-0.4, -0.2) is 58.7 Å². The zero-order valence-corrected chi connectivity index (χ0v) is 16.4. The SMILES string of the molecule is CCOc1ccc(CN(C)C(=O)CSc2nncn2CCCOC)cc1. The first-order valence-electron chi connectivity index (χ1n) is 8.59. The van der Waals surface area contributed by atoms with Crippen molar-refractivity contribution in [1.29, 1.82) is 0 Å². The molecule has 0 unspecified atom stereocenters. The van der Waals surface area contributed by atoms with Gasteiger partial charge in [0.2, 0.25) is 5.91 Å². The minimum Gasteiger partial charge on any atom is -0.494 e. The summed E-state index contributed by atoms with van der Waals surface area (Å²) in [5.41, 5.74) is 1.07. The first-order chi connectivity index (χ1) is 12.6. The standard InChI is InChI=1S/C18H26N4O3S/c1-4-25-16-8-6-15(7-9-16)12-21(2)17(23)13-26-18-20-19-14-22(18)10-5-11-24-3/h6-9,14H,4-5,10-13H2,1-3H3. The van der Waals surface area contributed by atoms with Crippen molar-refractivity contribution in [2.45, 2.75) is 31.6 Å². The molecule has 2 aromatic rings. The Bertz CT molecular complexity index is 675. The number of benzene rings is 1. The summed E-state index contributed by atoms with van der Waals surface area (Å²) in [6, 6.07) is 7.81. The Balaban J connectivity index is 1.81. The number of hydrogen-bond donors (Lipinski definition) is 0. The number of thioether (sulfide) groups is 1. The highest BCUT2D eigenvalue weighted by atomic mass is 32.2. The van der Waals surface area contributed by atoms with Crippen LogP contribution >= 0.6 is 11.8 Å². The molecule has 8 heteroatoms. The van der Waals surface area contributed by atoms with Crippen molar-refractivity contribution in [3.8, 4) is 5.75 Å². The van der Waals surface area contributed by atoms with E-state index in [1.165, 1.54) is 11.8 Å². The van der Waals surface area contributed by atoms with Crippen molar-refractivity contribution < 1.29 is 14.3 Å². The lowest BCUT2D eigenvalue weighted by atomic mass is 10.2. The van der Waals surface area contributed by atoms with Crippen LogP contribution in [0.3, 0.4) is 0 Å². The van der Waals surface area contributed by atoms with E-state index in [1.807, 2.05) is 42.8 Å². The molecule has 1 heterocycles. The largest absolute Gasteiger partial charge is 0.494 e. The van der Waals surface area contributed by atoms with E-state index in [-0.39, 0.29) is 5.91 Å². The van der Waals surface area contributed by atoms with Crippen LogP contribution in [0.25, 0.3) is 0 Å². The average Bonchev–Trinajstić information content (AvgIpc) is 3.09. The smallest absolute Gasteiger partial charge is 0.233 e. The number of carbonyl (C=O) groups excluding carboxylic acids is 1. The summed E-state index contributed by atoms with van der Waals surface area (Å²) in [5.74, 6) is 1.22. The van der Waals surface area contributed by atoms with E-state index in [0.29, 0.717) is 25.5 Å². The minimum atomic E-state index is 0.0512. The van der Waals surface area contributed by atoms with E-state index < -0.39 is 0 Å². The molecule has 2 rings (SSSR count). The maximum atomic E-state index is 12.4. The summed E-state index contributed by atoms with van der Waals surface area (Å²) in [7, 11) is 3.49. The molecule has 1 aromatic heterocycles. The van der Waals surface area contributed by atoms with Gasteiger partial charge in [-0.1, -0.05) is 23.9 Å².